The monoisotopic (exact) mass is 697 g/mol. The van der Waals surface area contributed by atoms with Crippen molar-refractivity contribution in [1.82, 2.24) is 10.9 Å². The molecule has 0 unspecified atom stereocenters. The van der Waals surface area contributed by atoms with Crippen molar-refractivity contribution in [1.29, 1.82) is 0 Å². The Balaban J connectivity index is 1.54. The lowest BCUT2D eigenvalue weighted by Gasteiger charge is -2.31. The first-order valence-electron chi connectivity index (χ1n) is 16.0. The first kappa shape index (κ1) is 35.9. The molecule has 3 N–H and O–H groups in total. The summed E-state index contributed by atoms with van der Waals surface area (Å²) in [6.07, 6.45) is -0.967. The van der Waals surface area contributed by atoms with Gasteiger partial charge in [0.2, 0.25) is 5.90 Å². The Bertz CT molecular complexity index is 1950. The molecular formula is C36H39N7O6S. The van der Waals surface area contributed by atoms with Gasteiger partial charge in [-0.15, -0.1) is 0 Å². The third-order valence-corrected chi connectivity index (χ3v) is 9.94. The maximum Gasteiger partial charge on any atom is 0.266 e. The largest absolute Gasteiger partial charge is 0.494 e. The third kappa shape index (κ3) is 8.41. The maximum absolute atomic E-state index is 14.5. The van der Waals surface area contributed by atoms with Gasteiger partial charge in [0, 0.05) is 67.5 Å². The Morgan fingerprint density at radius 3 is 2.40 bits per heavy atom. The number of sulfone groups is 1. The topological polar surface area (TPSA) is 178 Å². The number of nitrogens with zero attached hydrogens (tertiary/aromatic N) is 5. The Hall–Kier alpha value is -5.40. The molecule has 2 atom stereocenters. The summed E-state index contributed by atoms with van der Waals surface area (Å²) in [5.74, 6) is -0.412. The molecule has 1 aliphatic heterocycles. The van der Waals surface area contributed by atoms with Crippen molar-refractivity contribution in [3.63, 3.8) is 0 Å². The highest BCUT2D eigenvalue weighted by molar-refractivity contribution is 7.91. The lowest BCUT2D eigenvalue weighted by molar-refractivity contribution is -0.130. The highest BCUT2D eigenvalue weighted by Crippen LogP contribution is 2.45. The second-order valence-electron chi connectivity index (χ2n) is 11.8. The second-order valence-corrected chi connectivity index (χ2v) is 13.9. The van der Waals surface area contributed by atoms with E-state index in [1.165, 1.54) is 12.1 Å². The molecule has 0 aromatic heterocycles. The number of hydrogen-bond donors (Lipinski definition) is 3. The van der Waals surface area contributed by atoms with Crippen molar-refractivity contribution in [2.24, 2.45) is 10.1 Å². The van der Waals surface area contributed by atoms with Crippen LogP contribution in [0.5, 0.6) is 5.75 Å². The Morgan fingerprint density at radius 1 is 1.02 bits per heavy atom. The van der Waals surface area contributed by atoms with Gasteiger partial charge >= 0.3 is 0 Å². The second kappa shape index (κ2) is 16.3. The lowest BCUT2D eigenvalue weighted by atomic mass is 9.84. The fraction of sp³-hybridized carbons (Fsp3) is 0.278. The van der Waals surface area contributed by atoms with E-state index in [1.807, 2.05) is 43.3 Å². The van der Waals surface area contributed by atoms with Crippen LogP contribution in [0.2, 0.25) is 0 Å². The molecule has 0 bridgehead atoms. The SMILES string of the molecule is CN(C)c1ccc(CNNC(=O)[C@@]2(CCS(=O)(=O)c3ccccc3)N=C(c3ccc(OCCCO)cc3)O[C@H]2c2ccccc2N=[N+]=[N-])cc1. The van der Waals surface area contributed by atoms with Gasteiger partial charge < -0.3 is 19.5 Å². The minimum Gasteiger partial charge on any atom is -0.494 e. The van der Waals surface area contributed by atoms with Gasteiger partial charge in [0.15, 0.2) is 21.5 Å². The van der Waals surface area contributed by atoms with E-state index in [-0.39, 0.29) is 36.1 Å². The predicted molar refractivity (Wildman–Crippen MR) is 191 cm³/mol. The zero-order valence-electron chi connectivity index (χ0n) is 27.8. The summed E-state index contributed by atoms with van der Waals surface area (Å²) in [6.45, 7) is 0.605. The smallest absolute Gasteiger partial charge is 0.266 e. The number of carbonyl (C=O) groups excluding carboxylic acids is 1. The van der Waals surface area contributed by atoms with Crippen LogP contribution in [0.25, 0.3) is 10.4 Å². The molecule has 0 radical (unpaired) electrons. The maximum atomic E-state index is 14.5. The number of aliphatic hydroxyl groups is 1. The molecule has 1 amide bonds. The van der Waals surface area contributed by atoms with Crippen LogP contribution in [0.1, 0.15) is 35.6 Å². The van der Waals surface area contributed by atoms with Gasteiger partial charge in [-0.1, -0.05) is 59.7 Å². The van der Waals surface area contributed by atoms with Gasteiger partial charge in [-0.3, -0.25) is 10.2 Å². The average molecular weight is 698 g/mol. The van der Waals surface area contributed by atoms with E-state index in [0.29, 0.717) is 29.9 Å². The molecule has 4 aromatic rings. The van der Waals surface area contributed by atoms with Crippen molar-refractivity contribution in [3.8, 4) is 5.75 Å². The van der Waals surface area contributed by atoms with Crippen LogP contribution < -0.4 is 20.5 Å². The minimum atomic E-state index is -3.86. The number of ether oxygens (including phenoxy) is 2. The van der Waals surface area contributed by atoms with Crippen molar-refractivity contribution in [2.75, 3.05) is 38.0 Å². The van der Waals surface area contributed by atoms with E-state index in [1.54, 1.807) is 66.7 Å². The molecule has 50 heavy (non-hydrogen) atoms. The zero-order chi connectivity index (χ0) is 35.6. The van der Waals surface area contributed by atoms with E-state index in [0.717, 1.165) is 11.3 Å². The molecule has 260 valence electrons. The van der Waals surface area contributed by atoms with E-state index < -0.39 is 33.1 Å². The normalized spacial score (nSPS) is 16.9. The summed E-state index contributed by atoms with van der Waals surface area (Å²) in [5.41, 5.74) is 16.3. The van der Waals surface area contributed by atoms with Gasteiger partial charge in [-0.25, -0.2) is 18.8 Å². The summed E-state index contributed by atoms with van der Waals surface area (Å²) in [6, 6.07) is 29.3. The number of aliphatic imine (C=N–C) groups is 1. The summed E-state index contributed by atoms with van der Waals surface area (Å²) in [5, 5.41) is 12.9. The summed E-state index contributed by atoms with van der Waals surface area (Å²) < 4.78 is 39.3. The molecular weight excluding hydrogens is 659 g/mol. The van der Waals surface area contributed by atoms with Gasteiger partial charge in [-0.05, 0) is 59.6 Å². The van der Waals surface area contributed by atoms with Gasteiger partial charge in [0.05, 0.1) is 17.3 Å². The number of hydrogen-bond acceptors (Lipinski definition) is 10. The lowest BCUT2D eigenvalue weighted by Crippen LogP contribution is -2.53. The molecule has 0 spiro atoms. The zero-order valence-corrected chi connectivity index (χ0v) is 28.6. The fourth-order valence-electron chi connectivity index (χ4n) is 5.48. The molecule has 0 fully saturated rings. The summed E-state index contributed by atoms with van der Waals surface area (Å²) in [7, 11) is 0.0270. The minimum absolute atomic E-state index is 0.00314. The molecule has 4 aromatic carbocycles. The molecule has 0 saturated carbocycles. The number of aliphatic hydroxyl groups excluding tert-OH is 1. The number of azide groups is 1. The van der Waals surface area contributed by atoms with Crippen molar-refractivity contribution < 1.29 is 27.8 Å². The van der Waals surface area contributed by atoms with Crippen LogP contribution in [0.3, 0.4) is 0 Å². The van der Waals surface area contributed by atoms with Crippen molar-refractivity contribution in [3.05, 3.63) is 130 Å². The van der Waals surface area contributed by atoms with Crippen molar-refractivity contribution in [2.45, 2.75) is 35.9 Å². The van der Waals surface area contributed by atoms with Gasteiger partial charge in [0.1, 0.15) is 5.75 Å². The Labute approximate surface area is 291 Å². The number of hydrazine groups is 1. The quantitative estimate of drug-likeness (QED) is 0.0458. The number of amides is 1. The van der Waals surface area contributed by atoms with Gasteiger partial charge in [0.25, 0.3) is 5.91 Å². The van der Waals surface area contributed by atoms with Crippen LogP contribution in [-0.4, -0.2) is 63.9 Å². The molecule has 5 rings (SSSR count). The molecule has 0 aliphatic carbocycles. The van der Waals surface area contributed by atoms with E-state index in [9.17, 15) is 18.7 Å². The van der Waals surface area contributed by atoms with Crippen LogP contribution in [0.15, 0.2) is 118 Å². The highest BCUT2D eigenvalue weighted by Gasteiger charge is 2.54. The van der Waals surface area contributed by atoms with Crippen LogP contribution in [-0.2, 0) is 25.9 Å². The molecule has 13 nitrogen and oxygen atoms in total. The first-order valence-corrected chi connectivity index (χ1v) is 17.6. The number of anilines is 1. The first-order chi connectivity index (χ1) is 24.2. The van der Waals surface area contributed by atoms with E-state index >= 15 is 0 Å². The standard InChI is InChI=1S/C36H39N7O6S/c1-43(2)28-17-13-26(14-18-28)25-38-41-35(45)36(21-24-50(46,47)30-9-4-3-5-10-30)33(31-11-6-7-12-32(31)40-42-37)49-34(39-36)27-15-19-29(20-16-27)48-23-8-22-44/h3-7,9-20,33,38,44H,8,21-25H2,1-2H3,(H,41,45)/t33-,36-/m0/s1. The van der Waals surface area contributed by atoms with E-state index in [4.69, 9.17) is 19.6 Å². The van der Waals surface area contributed by atoms with Crippen LogP contribution in [0, 0.1) is 0 Å². The van der Waals surface area contributed by atoms with Gasteiger partial charge in [-0.2, -0.15) is 0 Å². The number of benzene rings is 4. The molecule has 1 aliphatic rings. The fourth-order valence-corrected chi connectivity index (χ4v) is 6.87. The predicted octanol–water partition coefficient (Wildman–Crippen LogP) is 5.40. The summed E-state index contributed by atoms with van der Waals surface area (Å²) >= 11 is 0. The average Bonchev–Trinajstić information content (AvgIpc) is 3.53. The van der Waals surface area contributed by atoms with Crippen molar-refractivity contribution >= 4 is 33.0 Å². The van der Waals surface area contributed by atoms with Crippen LogP contribution in [0.4, 0.5) is 11.4 Å². The van der Waals surface area contributed by atoms with Crippen LogP contribution >= 0.6 is 0 Å². The molecule has 1 heterocycles. The third-order valence-electron chi connectivity index (χ3n) is 8.20. The number of nitrogens with one attached hydrogen (secondary N) is 2. The molecule has 14 heteroatoms. The summed E-state index contributed by atoms with van der Waals surface area (Å²) in [4.78, 5) is 24.4. The molecule has 0 saturated heterocycles. The van der Waals surface area contributed by atoms with E-state index in [2.05, 4.69) is 20.9 Å². The number of carbonyl (C=O) groups is 1. The Kier molecular flexibility index (Phi) is 11.7. The highest BCUT2D eigenvalue weighted by atomic mass is 32.2. The Morgan fingerprint density at radius 2 is 1.72 bits per heavy atom. The number of rotatable bonds is 16.